The van der Waals surface area contributed by atoms with E-state index in [9.17, 15) is 4.79 Å². The molecule has 2 aromatic rings. The van der Waals surface area contributed by atoms with Crippen molar-refractivity contribution in [2.45, 2.75) is 76.9 Å². The molecule has 1 amide bonds. The maximum atomic E-state index is 11.0. The maximum absolute atomic E-state index is 11.0. The number of halogens is 1. The summed E-state index contributed by atoms with van der Waals surface area (Å²) in [7, 11) is 1.92. The molecule has 0 aliphatic heterocycles. The first kappa shape index (κ1) is 21.2. The summed E-state index contributed by atoms with van der Waals surface area (Å²) in [6.07, 6.45) is 11.2. The predicted molar refractivity (Wildman–Crippen MR) is 116 cm³/mol. The van der Waals surface area contributed by atoms with Crippen LogP contribution in [0.15, 0.2) is 6.20 Å². The van der Waals surface area contributed by atoms with E-state index in [0.717, 1.165) is 62.4 Å². The second kappa shape index (κ2) is 9.00. The number of primary amides is 1. The Balaban J connectivity index is 1.33. The van der Waals surface area contributed by atoms with Crippen LogP contribution in [0.5, 0.6) is 11.9 Å². The van der Waals surface area contributed by atoms with Crippen LogP contribution < -0.4 is 15.2 Å². The topological polar surface area (TPSA) is 92.3 Å². The average Bonchev–Trinajstić information content (AvgIpc) is 3.46. The second-order valence-corrected chi connectivity index (χ2v) is 9.37. The van der Waals surface area contributed by atoms with Gasteiger partial charge in [0, 0.05) is 13.5 Å². The lowest BCUT2D eigenvalue weighted by atomic mass is 9.82. The standard InChI is InChI=1S/C22H31ClN4O3/c1-13(11-18(24)28)3-4-14-5-7-16(8-6-14)30-22-26-17-12-25-21(29-15-9-10-15)19(23)20(17)27(22)2/h12-16H,3-11H2,1-2H3,(H2,24,28)/t13-,14?,16?/m0/s1. The number of nitrogens with zero attached hydrogens (tertiary/aromatic N) is 3. The number of carbonyl (C=O) groups is 1. The van der Waals surface area contributed by atoms with Gasteiger partial charge in [0.15, 0.2) is 0 Å². The number of hydrogen-bond acceptors (Lipinski definition) is 5. The largest absolute Gasteiger partial charge is 0.473 e. The van der Waals surface area contributed by atoms with Gasteiger partial charge in [-0.2, -0.15) is 4.98 Å². The summed E-state index contributed by atoms with van der Waals surface area (Å²) < 4.78 is 13.9. The minimum Gasteiger partial charge on any atom is -0.473 e. The summed E-state index contributed by atoms with van der Waals surface area (Å²) in [6, 6.07) is 0.579. The molecule has 0 unspecified atom stereocenters. The number of ether oxygens (including phenoxy) is 2. The highest BCUT2D eigenvalue weighted by Gasteiger charge is 2.28. The number of hydrogen-bond donors (Lipinski definition) is 1. The van der Waals surface area contributed by atoms with E-state index in [4.69, 9.17) is 26.8 Å². The first-order valence-corrected chi connectivity index (χ1v) is 11.4. The van der Waals surface area contributed by atoms with Crippen LogP contribution in [0, 0.1) is 11.8 Å². The average molecular weight is 435 g/mol. The van der Waals surface area contributed by atoms with E-state index in [0.29, 0.717) is 35.2 Å². The molecule has 2 aromatic heterocycles. The lowest BCUT2D eigenvalue weighted by molar-refractivity contribution is -0.118. The van der Waals surface area contributed by atoms with Crippen molar-refractivity contribution < 1.29 is 14.3 Å². The molecule has 2 N–H and O–H groups in total. The summed E-state index contributed by atoms with van der Waals surface area (Å²) in [5, 5.41) is 0.498. The van der Waals surface area contributed by atoms with Crippen molar-refractivity contribution in [1.82, 2.24) is 14.5 Å². The fourth-order valence-electron chi connectivity index (χ4n) is 4.31. The van der Waals surface area contributed by atoms with Gasteiger partial charge in [-0.3, -0.25) is 9.36 Å². The summed E-state index contributed by atoms with van der Waals surface area (Å²) in [5.74, 6) is 1.33. The molecule has 2 saturated carbocycles. The van der Waals surface area contributed by atoms with Crippen LogP contribution in [-0.2, 0) is 11.8 Å². The number of amides is 1. The smallest absolute Gasteiger partial charge is 0.297 e. The lowest BCUT2D eigenvalue weighted by Gasteiger charge is -2.29. The molecule has 2 fully saturated rings. The van der Waals surface area contributed by atoms with E-state index < -0.39 is 0 Å². The molecular weight excluding hydrogens is 404 g/mol. The Morgan fingerprint density at radius 3 is 2.57 bits per heavy atom. The van der Waals surface area contributed by atoms with Crippen molar-refractivity contribution in [2.24, 2.45) is 24.6 Å². The van der Waals surface area contributed by atoms with Crippen LogP contribution in [0.2, 0.25) is 5.02 Å². The highest BCUT2D eigenvalue weighted by atomic mass is 35.5. The second-order valence-electron chi connectivity index (χ2n) is 9.00. The normalized spacial score (nSPS) is 22.8. The third-order valence-corrected chi connectivity index (χ3v) is 6.61. The molecule has 7 nitrogen and oxygen atoms in total. The number of imidazole rings is 1. The molecule has 2 aliphatic rings. The van der Waals surface area contributed by atoms with E-state index in [-0.39, 0.29) is 18.1 Å². The molecule has 0 saturated heterocycles. The van der Waals surface area contributed by atoms with E-state index in [2.05, 4.69) is 16.9 Å². The molecule has 0 radical (unpaired) electrons. The molecule has 0 aromatic carbocycles. The van der Waals surface area contributed by atoms with E-state index in [1.54, 1.807) is 6.20 Å². The third kappa shape index (κ3) is 4.99. The molecule has 4 rings (SSSR count). The van der Waals surface area contributed by atoms with Gasteiger partial charge < -0.3 is 15.2 Å². The predicted octanol–water partition coefficient (Wildman–Crippen LogP) is 4.39. The fraction of sp³-hybridized carbons (Fsp3) is 0.682. The zero-order valence-corrected chi connectivity index (χ0v) is 18.5. The SMILES string of the molecule is C[C@@H](CCC1CCC(Oc2nc3cnc(OC4CC4)c(Cl)c3n2C)CC1)CC(N)=O. The molecular formula is C22H31ClN4O3. The summed E-state index contributed by atoms with van der Waals surface area (Å²) in [5.41, 5.74) is 6.81. The van der Waals surface area contributed by atoms with Gasteiger partial charge in [0.2, 0.25) is 11.8 Å². The molecule has 8 heteroatoms. The molecule has 0 bridgehead atoms. The van der Waals surface area contributed by atoms with Gasteiger partial charge in [-0.1, -0.05) is 24.9 Å². The van der Waals surface area contributed by atoms with Crippen LogP contribution in [-0.4, -0.2) is 32.7 Å². The molecule has 2 aliphatic carbocycles. The Morgan fingerprint density at radius 1 is 1.23 bits per heavy atom. The Labute approximate surface area is 182 Å². The van der Waals surface area contributed by atoms with Gasteiger partial charge in [-0.15, -0.1) is 0 Å². The fourth-order valence-corrected chi connectivity index (χ4v) is 4.63. The molecule has 0 spiro atoms. The molecule has 164 valence electrons. The minimum absolute atomic E-state index is 0.161. The van der Waals surface area contributed by atoms with E-state index in [1.807, 2.05) is 11.6 Å². The van der Waals surface area contributed by atoms with Crippen molar-refractivity contribution in [3.8, 4) is 11.9 Å². The number of aromatic nitrogens is 3. The van der Waals surface area contributed by atoms with Gasteiger partial charge in [-0.25, -0.2) is 4.98 Å². The Kier molecular flexibility index (Phi) is 6.37. The van der Waals surface area contributed by atoms with Crippen LogP contribution in [0.4, 0.5) is 0 Å². The summed E-state index contributed by atoms with van der Waals surface area (Å²) in [4.78, 5) is 20.0. The highest BCUT2D eigenvalue weighted by molar-refractivity contribution is 6.36. The van der Waals surface area contributed by atoms with E-state index in [1.165, 1.54) is 0 Å². The quantitative estimate of drug-likeness (QED) is 0.631. The van der Waals surface area contributed by atoms with E-state index >= 15 is 0 Å². The van der Waals surface area contributed by atoms with Crippen molar-refractivity contribution in [3.05, 3.63) is 11.2 Å². The summed E-state index contributed by atoms with van der Waals surface area (Å²) in [6.45, 7) is 2.10. The molecule has 1 atom stereocenters. The number of nitrogens with two attached hydrogens (primary N) is 1. The van der Waals surface area contributed by atoms with Crippen molar-refractivity contribution in [2.75, 3.05) is 0 Å². The number of pyridine rings is 1. The van der Waals surface area contributed by atoms with Gasteiger partial charge in [-0.05, 0) is 56.8 Å². The van der Waals surface area contributed by atoms with Gasteiger partial charge in [0.25, 0.3) is 6.01 Å². The Hall–Kier alpha value is -2.02. The van der Waals surface area contributed by atoms with Gasteiger partial charge in [0.1, 0.15) is 22.7 Å². The van der Waals surface area contributed by atoms with Crippen LogP contribution in [0.1, 0.15) is 64.7 Å². The van der Waals surface area contributed by atoms with Crippen molar-refractivity contribution >= 4 is 28.5 Å². The lowest BCUT2D eigenvalue weighted by Crippen LogP contribution is -2.25. The Morgan fingerprint density at radius 2 is 1.90 bits per heavy atom. The molecule has 30 heavy (non-hydrogen) atoms. The molecule has 2 heterocycles. The zero-order chi connectivity index (χ0) is 21.3. The number of rotatable bonds is 9. The number of fused-ring (bicyclic) bond motifs is 1. The van der Waals surface area contributed by atoms with Crippen molar-refractivity contribution in [1.29, 1.82) is 0 Å². The van der Waals surface area contributed by atoms with Gasteiger partial charge in [0.05, 0.1) is 11.7 Å². The minimum atomic E-state index is -0.205. The van der Waals surface area contributed by atoms with Crippen LogP contribution >= 0.6 is 11.6 Å². The first-order chi connectivity index (χ1) is 14.4. The first-order valence-electron chi connectivity index (χ1n) is 11.0. The number of aryl methyl sites for hydroxylation is 1. The monoisotopic (exact) mass is 434 g/mol. The summed E-state index contributed by atoms with van der Waals surface area (Å²) >= 11 is 6.55. The van der Waals surface area contributed by atoms with Crippen LogP contribution in [0.3, 0.4) is 0 Å². The van der Waals surface area contributed by atoms with Crippen LogP contribution in [0.25, 0.3) is 11.0 Å². The zero-order valence-electron chi connectivity index (χ0n) is 17.8. The van der Waals surface area contributed by atoms with Crippen molar-refractivity contribution in [3.63, 3.8) is 0 Å². The third-order valence-electron chi connectivity index (χ3n) is 6.27. The number of carbonyl (C=O) groups excluding carboxylic acids is 1. The highest BCUT2D eigenvalue weighted by Crippen LogP contribution is 2.37. The maximum Gasteiger partial charge on any atom is 0.297 e. The van der Waals surface area contributed by atoms with Gasteiger partial charge >= 0.3 is 0 Å². The Bertz CT molecular complexity index is 903.